The van der Waals surface area contributed by atoms with Crippen molar-refractivity contribution in [2.75, 3.05) is 6.54 Å². The van der Waals surface area contributed by atoms with Crippen LogP contribution in [-0.4, -0.2) is 17.3 Å². The number of hydrogen-bond acceptors (Lipinski definition) is 2. The zero-order valence-corrected chi connectivity index (χ0v) is 7.51. The molecule has 1 atom stereocenters. The Bertz CT molecular complexity index is 132. The first kappa shape index (κ1) is 9.01. The summed E-state index contributed by atoms with van der Waals surface area (Å²) >= 11 is 0. The number of rotatable bonds is 4. The lowest BCUT2D eigenvalue weighted by Crippen LogP contribution is -2.43. The third kappa shape index (κ3) is 2.17. The van der Waals surface area contributed by atoms with Crippen LogP contribution in [0.4, 0.5) is 0 Å². The summed E-state index contributed by atoms with van der Waals surface area (Å²) < 4.78 is 0. The Morgan fingerprint density at radius 3 is 2.36 bits per heavy atom. The van der Waals surface area contributed by atoms with Gasteiger partial charge in [0.25, 0.3) is 0 Å². The summed E-state index contributed by atoms with van der Waals surface area (Å²) in [5, 5.41) is 9.98. The largest absolute Gasteiger partial charge is 0.388 e. The van der Waals surface area contributed by atoms with Gasteiger partial charge in [-0.25, -0.2) is 0 Å². The lowest BCUT2D eigenvalue weighted by Gasteiger charge is -2.30. The van der Waals surface area contributed by atoms with Gasteiger partial charge in [-0.3, -0.25) is 0 Å². The summed E-state index contributed by atoms with van der Waals surface area (Å²) in [6.07, 6.45) is 3.48. The van der Waals surface area contributed by atoms with Crippen LogP contribution in [0.15, 0.2) is 0 Å². The number of hydrogen-bond donors (Lipinski definition) is 2. The van der Waals surface area contributed by atoms with Crippen LogP contribution < -0.4 is 5.73 Å². The topological polar surface area (TPSA) is 46.2 Å². The predicted octanol–water partition coefficient (Wildman–Crippen LogP) is 1.13. The molecule has 1 rings (SSSR count). The van der Waals surface area contributed by atoms with Crippen molar-refractivity contribution < 1.29 is 5.11 Å². The summed E-state index contributed by atoms with van der Waals surface area (Å²) in [5.74, 6) is 1.04. The third-order valence-electron chi connectivity index (χ3n) is 2.77. The molecule has 1 aliphatic carbocycles. The van der Waals surface area contributed by atoms with Gasteiger partial charge in [0.15, 0.2) is 0 Å². The first-order valence-electron chi connectivity index (χ1n) is 4.51. The van der Waals surface area contributed by atoms with E-state index < -0.39 is 5.60 Å². The molecular weight excluding hydrogens is 138 g/mol. The van der Waals surface area contributed by atoms with E-state index in [9.17, 15) is 5.11 Å². The minimum atomic E-state index is -0.596. The van der Waals surface area contributed by atoms with Crippen LogP contribution in [0.1, 0.15) is 33.1 Å². The van der Waals surface area contributed by atoms with E-state index in [0.29, 0.717) is 6.54 Å². The van der Waals surface area contributed by atoms with E-state index in [1.807, 2.05) is 13.8 Å². The summed E-state index contributed by atoms with van der Waals surface area (Å²) in [5.41, 5.74) is 4.94. The maximum atomic E-state index is 9.98. The lowest BCUT2D eigenvalue weighted by molar-refractivity contribution is -0.00919. The zero-order valence-electron chi connectivity index (χ0n) is 7.51. The van der Waals surface area contributed by atoms with Crippen molar-refractivity contribution in [3.8, 4) is 0 Å². The molecule has 0 saturated heterocycles. The Labute approximate surface area is 68.8 Å². The third-order valence-corrected chi connectivity index (χ3v) is 2.77. The molecule has 0 radical (unpaired) electrons. The Morgan fingerprint density at radius 1 is 1.55 bits per heavy atom. The molecule has 0 heterocycles. The Hall–Kier alpha value is -0.0800. The summed E-state index contributed by atoms with van der Waals surface area (Å²) in [6.45, 7) is 4.48. The highest BCUT2D eigenvalue weighted by Gasteiger charge is 2.36. The van der Waals surface area contributed by atoms with Crippen molar-refractivity contribution in [2.45, 2.75) is 38.7 Å². The second-order valence-corrected chi connectivity index (χ2v) is 4.11. The van der Waals surface area contributed by atoms with Gasteiger partial charge in [-0.15, -0.1) is 0 Å². The molecule has 0 amide bonds. The molecular formula is C9H19NO. The van der Waals surface area contributed by atoms with Crippen LogP contribution in [0.5, 0.6) is 0 Å². The maximum Gasteiger partial charge on any atom is 0.0794 e. The predicted molar refractivity (Wildman–Crippen MR) is 46.2 cm³/mol. The average Bonchev–Trinajstić information content (AvgIpc) is 2.71. The SMILES string of the molecule is CC(C)C(O)(CN)CC1CC1. The lowest BCUT2D eigenvalue weighted by atomic mass is 9.85. The van der Waals surface area contributed by atoms with Crippen LogP contribution >= 0.6 is 0 Å². The molecule has 3 N–H and O–H groups in total. The standard InChI is InChI=1S/C9H19NO/c1-7(2)9(11,6-10)5-8-3-4-8/h7-8,11H,3-6,10H2,1-2H3. The molecule has 1 aliphatic rings. The fourth-order valence-electron chi connectivity index (χ4n) is 1.38. The van der Waals surface area contributed by atoms with Gasteiger partial charge in [-0.1, -0.05) is 26.7 Å². The quantitative estimate of drug-likeness (QED) is 0.642. The van der Waals surface area contributed by atoms with Gasteiger partial charge < -0.3 is 10.8 Å². The molecule has 2 nitrogen and oxygen atoms in total. The van der Waals surface area contributed by atoms with E-state index >= 15 is 0 Å². The van der Waals surface area contributed by atoms with Crippen LogP contribution in [0.25, 0.3) is 0 Å². The Kier molecular flexibility index (Phi) is 2.55. The maximum absolute atomic E-state index is 9.98. The van der Waals surface area contributed by atoms with Crippen LogP contribution in [0, 0.1) is 11.8 Å². The molecule has 1 fully saturated rings. The second kappa shape index (κ2) is 3.11. The normalized spacial score (nSPS) is 23.7. The van der Waals surface area contributed by atoms with Crippen LogP contribution in [-0.2, 0) is 0 Å². The van der Waals surface area contributed by atoms with Gasteiger partial charge >= 0.3 is 0 Å². The van der Waals surface area contributed by atoms with Crippen molar-refractivity contribution >= 4 is 0 Å². The van der Waals surface area contributed by atoms with E-state index in [4.69, 9.17) is 5.73 Å². The van der Waals surface area contributed by atoms with Gasteiger partial charge in [0, 0.05) is 6.54 Å². The molecule has 66 valence electrons. The highest BCUT2D eigenvalue weighted by atomic mass is 16.3. The zero-order chi connectivity index (χ0) is 8.48. The number of nitrogens with two attached hydrogens (primary N) is 1. The molecule has 0 aromatic heterocycles. The smallest absolute Gasteiger partial charge is 0.0794 e. The first-order valence-corrected chi connectivity index (χ1v) is 4.51. The number of aliphatic hydroxyl groups is 1. The van der Waals surface area contributed by atoms with Gasteiger partial charge in [-0.05, 0) is 18.3 Å². The van der Waals surface area contributed by atoms with Gasteiger partial charge in [-0.2, -0.15) is 0 Å². The van der Waals surface area contributed by atoms with Crippen LogP contribution in [0.3, 0.4) is 0 Å². The van der Waals surface area contributed by atoms with Crippen molar-refractivity contribution in [1.29, 1.82) is 0 Å². The molecule has 1 saturated carbocycles. The molecule has 0 aromatic carbocycles. The van der Waals surface area contributed by atoms with E-state index in [1.165, 1.54) is 12.8 Å². The van der Waals surface area contributed by atoms with Gasteiger partial charge in [0.05, 0.1) is 5.60 Å². The molecule has 0 bridgehead atoms. The molecule has 2 heteroatoms. The van der Waals surface area contributed by atoms with E-state index in [-0.39, 0.29) is 5.92 Å². The molecule has 0 spiro atoms. The fourth-order valence-corrected chi connectivity index (χ4v) is 1.38. The molecule has 11 heavy (non-hydrogen) atoms. The van der Waals surface area contributed by atoms with Gasteiger partial charge in [0.2, 0.25) is 0 Å². The van der Waals surface area contributed by atoms with Crippen molar-refractivity contribution in [3.05, 3.63) is 0 Å². The highest BCUT2D eigenvalue weighted by Crippen LogP contribution is 2.38. The van der Waals surface area contributed by atoms with Crippen molar-refractivity contribution in [1.82, 2.24) is 0 Å². The minimum absolute atomic E-state index is 0.285. The Morgan fingerprint density at radius 2 is 2.09 bits per heavy atom. The van der Waals surface area contributed by atoms with E-state index in [2.05, 4.69) is 0 Å². The molecule has 0 aliphatic heterocycles. The summed E-state index contributed by atoms with van der Waals surface area (Å²) in [4.78, 5) is 0. The van der Waals surface area contributed by atoms with Crippen molar-refractivity contribution in [3.63, 3.8) is 0 Å². The summed E-state index contributed by atoms with van der Waals surface area (Å²) in [7, 11) is 0. The monoisotopic (exact) mass is 157 g/mol. The minimum Gasteiger partial charge on any atom is -0.388 e. The fraction of sp³-hybridized carbons (Fsp3) is 1.00. The van der Waals surface area contributed by atoms with Crippen LogP contribution in [0.2, 0.25) is 0 Å². The average molecular weight is 157 g/mol. The van der Waals surface area contributed by atoms with E-state index in [0.717, 1.165) is 12.3 Å². The van der Waals surface area contributed by atoms with E-state index in [1.54, 1.807) is 0 Å². The van der Waals surface area contributed by atoms with Gasteiger partial charge in [0.1, 0.15) is 0 Å². The second-order valence-electron chi connectivity index (χ2n) is 4.11. The highest BCUT2D eigenvalue weighted by molar-refractivity contribution is 4.89. The Balaban J connectivity index is 2.42. The first-order chi connectivity index (χ1) is 5.08. The van der Waals surface area contributed by atoms with Crippen molar-refractivity contribution in [2.24, 2.45) is 17.6 Å². The molecule has 1 unspecified atom stereocenters. The molecule has 0 aromatic rings. The summed E-state index contributed by atoms with van der Waals surface area (Å²) in [6, 6.07) is 0.